The molecule has 0 saturated heterocycles. The molecule has 3 aromatic rings. The molecule has 7 nitrogen and oxygen atoms in total. The van der Waals surface area contributed by atoms with Gasteiger partial charge in [-0.15, -0.1) is 0 Å². The molecule has 0 spiro atoms. The summed E-state index contributed by atoms with van der Waals surface area (Å²) in [6, 6.07) is 5.74. The molecule has 0 atom stereocenters. The third-order valence-corrected chi connectivity index (χ3v) is 3.59. The number of aryl methyl sites for hydroxylation is 2. The number of rotatable bonds is 2. The standard InChI is InChI=1S/C15H15N5O2/c1-9-13-14(20(2)19-9)15(17-8-16-13)18-10-3-4-11-12(7-10)22-6-5-21-11/h3-4,7-8H,5-6H2,1-2H3,(H,16,17,18). The van der Waals surface area contributed by atoms with Crippen molar-refractivity contribution in [3.63, 3.8) is 0 Å². The van der Waals surface area contributed by atoms with Crippen molar-refractivity contribution in [2.75, 3.05) is 18.5 Å². The SMILES string of the molecule is Cc1nn(C)c2c(Nc3ccc4c(c3)OCCO4)ncnc12. The number of anilines is 2. The van der Waals surface area contributed by atoms with Crippen molar-refractivity contribution in [3.05, 3.63) is 30.2 Å². The molecule has 112 valence electrons. The quantitative estimate of drug-likeness (QED) is 0.781. The van der Waals surface area contributed by atoms with Gasteiger partial charge in [-0.1, -0.05) is 0 Å². The van der Waals surface area contributed by atoms with E-state index in [4.69, 9.17) is 9.47 Å². The highest BCUT2D eigenvalue weighted by molar-refractivity contribution is 5.89. The van der Waals surface area contributed by atoms with E-state index in [0.717, 1.165) is 33.9 Å². The normalized spacial score (nSPS) is 13.4. The summed E-state index contributed by atoms with van der Waals surface area (Å²) in [6.07, 6.45) is 1.54. The van der Waals surface area contributed by atoms with E-state index in [2.05, 4.69) is 20.4 Å². The van der Waals surface area contributed by atoms with Crippen LogP contribution in [-0.4, -0.2) is 33.0 Å². The maximum Gasteiger partial charge on any atom is 0.163 e. The van der Waals surface area contributed by atoms with Gasteiger partial charge in [0.05, 0.1) is 5.69 Å². The van der Waals surface area contributed by atoms with E-state index in [0.29, 0.717) is 19.0 Å². The van der Waals surface area contributed by atoms with Gasteiger partial charge in [0.2, 0.25) is 0 Å². The van der Waals surface area contributed by atoms with Gasteiger partial charge in [0.15, 0.2) is 17.3 Å². The zero-order chi connectivity index (χ0) is 15.1. The third-order valence-electron chi connectivity index (χ3n) is 3.59. The monoisotopic (exact) mass is 297 g/mol. The molecule has 1 aromatic carbocycles. The first kappa shape index (κ1) is 12.9. The fourth-order valence-electron chi connectivity index (χ4n) is 2.62. The van der Waals surface area contributed by atoms with Gasteiger partial charge in [0.1, 0.15) is 30.6 Å². The van der Waals surface area contributed by atoms with E-state index in [1.54, 1.807) is 4.68 Å². The number of hydrogen-bond donors (Lipinski definition) is 1. The van der Waals surface area contributed by atoms with Crippen LogP contribution in [0.3, 0.4) is 0 Å². The summed E-state index contributed by atoms with van der Waals surface area (Å²) in [7, 11) is 1.88. The van der Waals surface area contributed by atoms with Crippen molar-refractivity contribution in [3.8, 4) is 11.5 Å². The fraction of sp³-hybridized carbons (Fsp3) is 0.267. The van der Waals surface area contributed by atoms with Gasteiger partial charge in [-0.3, -0.25) is 4.68 Å². The van der Waals surface area contributed by atoms with Gasteiger partial charge >= 0.3 is 0 Å². The number of fused-ring (bicyclic) bond motifs is 2. The van der Waals surface area contributed by atoms with Crippen molar-refractivity contribution in [1.29, 1.82) is 0 Å². The largest absolute Gasteiger partial charge is 0.486 e. The molecule has 0 radical (unpaired) electrons. The first-order chi connectivity index (χ1) is 10.7. The average Bonchev–Trinajstić information content (AvgIpc) is 2.83. The second-order valence-electron chi connectivity index (χ2n) is 5.11. The van der Waals surface area contributed by atoms with Crippen molar-refractivity contribution < 1.29 is 9.47 Å². The van der Waals surface area contributed by atoms with Crippen LogP contribution < -0.4 is 14.8 Å². The Hall–Kier alpha value is -2.83. The first-order valence-corrected chi connectivity index (χ1v) is 7.03. The lowest BCUT2D eigenvalue weighted by Crippen LogP contribution is -2.15. The molecule has 0 aliphatic carbocycles. The maximum absolute atomic E-state index is 5.60. The zero-order valence-electron chi connectivity index (χ0n) is 12.3. The van der Waals surface area contributed by atoms with Crippen LogP contribution in [0.5, 0.6) is 11.5 Å². The number of hydrogen-bond acceptors (Lipinski definition) is 6. The first-order valence-electron chi connectivity index (χ1n) is 7.03. The van der Waals surface area contributed by atoms with Gasteiger partial charge in [-0.25, -0.2) is 9.97 Å². The summed E-state index contributed by atoms with van der Waals surface area (Å²) < 4.78 is 12.9. The molecule has 0 bridgehead atoms. The Morgan fingerprint density at radius 2 is 1.95 bits per heavy atom. The minimum Gasteiger partial charge on any atom is -0.486 e. The highest BCUT2D eigenvalue weighted by atomic mass is 16.6. The summed E-state index contributed by atoms with van der Waals surface area (Å²) in [6.45, 7) is 3.08. The molecule has 2 aromatic heterocycles. The maximum atomic E-state index is 5.60. The van der Waals surface area contributed by atoms with Crippen LogP contribution in [0, 0.1) is 6.92 Å². The van der Waals surface area contributed by atoms with Crippen molar-refractivity contribution in [2.24, 2.45) is 7.05 Å². The van der Waals surface area contributed by atoms with Crippen LogP contribution in [-0.2, 0) is 7.05 Å². The molecule has 1 aliphatic heterocycles. The molecule has 7 heteroatoms. The lowest BCUT2D eigenvalue weighted by atomic mass is 10.2. The number of nitrogens with zero attached hydrogens (tertiary/aromatic N) is 4. The lowest BCUT2D eigenvalue weighted by Gasteiger charge is -2.19. The Bertz CT molecular complexity index is 859. The Kier molecular flexibility index (Phi) is 2.85. The Morgan fingerprint density at radius 3 is 2.82 bits per heavy atom. The molecular weight excluding hydrogens is 282 g/mol. The Morgan fingerprint density at radius 1 is 1.14 bits per heavy atom. The summed E-state index contributed by atoms with van der Waals surface area (Å²) in [5.41, 5.74) is 3.47. The van der Waals surface area contributed by atoms with Crippen LogP contribution in [0.15, 0.2) is 24.5 Å². The summed E-state index contributed by atoms with van der Waals surface area (Å²) in [5, 5.41) is 7.70. The van der Waals surface area contributed by atoms with Crippen LogP contribution in [0.1, 0.15) is 5.69 Å². The third kappa shape index (κ3) is 2.02. The van der Waals surface area contributed by atoms with Crippen LogP contribution in [0.2, 0.25) is 0 Å². The molecular formula is C15H15N5O2. The molecule has 0 amide bonds. The number of aromatic nitrogens is 4. The predicted octanol–water partition coefficient (Wildman–Crippen LogP) is 2.19. The molecule has 3 heterocycles. The smallest absolute Gasteiger partial charge is 0.163 e. The predicted molar refractivity (Wildman–Crippen MR) is 81.8 cm³/mol. The fourth-order valence-corrected chi connectivity index (χ4v) is 2.62. The Labute approximate surface area is 126 Å². The molecule has 0 saturated carbocycles. The highest BCUT2D eigenvalue weighted by Gasteiger charge is 2.15. The van der Waals surface area contributed by atoms with Gasteiger partial charge in [-0.05, 0) is 19.1 Å². The average molecular weight is 297 g/mol. The highest BCUT2D eigenvalue weighted by Crippen LogP contribution is 2.34. The van der Waals surface area contributed by atoms with Crippen LogP contribution in [0.25, 0.3) is 11.0 Å². The van der Waals surface area contributed by atoms with E-state index in [-0.39, 0.29) is 0 Å². The number of benzene rings is 1. The van der Waals surface area contributed by atoms with Gasteiger partial charge in [0.25, 0.3) is 0 Å². The molecule has 0 fully saturated rings. The molecule has 0 unspecified atom stereocenters. The van der Waals surface area contributed by atoms with Gasteiger partial charge < -0.3 is 14.8 Å². The second kappa shape index (κ2) is 4.87. The molecule has 22 heavy (non-hydrogen) atoms. The van der Waals surface area contributed by atoms with E-state index in [1.165, 1.54) is 6.33 Å². The van der Waals surface area contributed by atoms with Crippen molar-refractivity contribution in [2.45, 2.75) is 6.92 Å². The van der Waals surface area contributed by atoms with Crippen LogP contribution >= 0.6 is 0 Å². The molecule has 4 rings (SSSR count). The van der Waals surface area contributed by atoms with Gasteiger partial charge in [0, 0.05) is 18.8 Å². The van der Waals surface area contributed by atoms with E-state index >= 15 is 0 Å². The summed E-state index contributed by atoms with van der Waals surface area (Å²) >= 11 is 0. The van der Waals surface area contributed by atoms with Gasteiger partial charge in [-0.2, -0.15) is 5.10 Å². The van der Waals surface area contributed by atoms with E-state index < -0.39 is 0 Å². The zero-order valence-corrected chi connectivity index (χ0v) is 12.3. The minimum atomic E-state index is 0.565. The van der Waals surface area contributed by atoms with E-state index in [1.807, 2.05) is 32.2 Å². The number of nitrogens with one attached hydrogen (secondary N) is 1. The van der Waals surface area contributed by atoms with Crippen LogP contribution in [0.4, 0.5) is 11.5 Å². The second-order valence-corrected chi connectivity index (χ2v) is 5.11. The topological polar surface area (TPSA) is 74.1 Å². The van der Waals surface area contributed by atoms with Crippen molar-refractivity contribution >= 4 is 22.5 Å². The molecule has 1 N–H and O–H groups in total. The number of ether oxygens (including phenoxy) is 2. The Balaban J connectivity index is 1.75. The molecule has 1 aliphatic rings. The lowest BCUT2D eigenvalue weighted by molar-refractivity contribution is 0.171. The summed E-state index contributed by atoms with van der Waals surface area (Å²) in [4.78, 5) is 8.63. The van der Waals surface area contributed by atoms with Crippen molar-refractivity contribution in [1.82, 2.24) is 19.7 Å². The minimum absolute atomic E-state index is 0.565. The summed E-state index contributed by atoms with van der Waals surface area (Å²) in [5.74, 6) is 2.22. The van der Waals surface area contributed by atoms with E-state index in [9.17, 15) is 0 Å².